The first-order valence-corrected chi connectivity index (χ1v) is 9.10. The second-order valence-corrected chi connectivity index (χ2v) is 8.12. The first-order valence-electron chi connectivity index (χ1n) is 8.28. The summed E-state index contributed by atoms with van der Waals surface area (Å²) in [6.07, 6.45) is 0. The Morgan fingerprint density at radius 2 is 1.12 bits per heavy atom. The predicted molar refractivity (Wildman–Crippen MR) is 105 cm³/mol. The van der Waals surface area contributed by atoms with Crippen molar-refractivity contribution in [3.05, 3.63) is 78.4 Å². The fraction of sp³-hybridized carbons (Fsp3) is 0.182. The van der Waals surface area contributed by atoms with E-state index < -0.39 is 0 Å². The lowest BCUT2D eigenvalue weighted by molar-refractivity contribution is 0.464. The monoisotopic (exact) mass is 351 g/mol. The Hall–Kier alpha value is -2.39. The lowest BCUT2D eigenvalue weighted by atomic mass is 9.87. The molecule has 0 aliphatic rings. The summed E-state index contributed by atoms with van der Waals surface area (Å²) in [5.74, 6) is 2.02. The Bertz CT molecular complexity index is 814. The molecule has 0 saturated heterocycles. The van der Waals surface area contributed by atoms with E-state index in [4.69, 9.17) is 9.84 Å². The van der Waals surface area contributed by atoms with Gasteiger partial charge in [-0.3, -0.25) is 0 Å². The van der Waals surface area contributed by atoms with Crippen LogP contribution in [-0.4, -0.2) is 5.11 Å². The number of hydrogen-bond donors (Lipinski definition) is 0. The van der Waals surface area contributed by atoms with Crippen molar-refractivity contribution >= 4 is 11.8 Å². The van der Waals surface area contributed by atoms with Gasteiger partial charge >= 0.3 is 0 Å². The Morgan fingerprint density at radius 1 is 0.680 bits per heavy atom. The minimum absolute atomic E-state index is 0.181. The summed E-state index contributed by atoms with van der Waals surface area (Å²) < 4.78 is 5.80. The minimum Gasteiger partial charge on any atom is -0.593 e. The molecule has 2 nitrogen and oxygen atoms in total. The molecule has 0 aromatic heterocycles. The number of rotatable bonds is 4. The van der Waals surface area contributed by atoms with Crippen LogP contribution in [-0.2, 0) is 5.41 Å². The van der Waals surface area contributed by atoms with Gasteiger partial charge in [-0.25, -0.2) is 0 Å². The summed E-state index contributed by atoms with van der Waals surface area (Å²) in [5.41, 5.74) is 1.53. The first kappa shape index (κ1) is 17.4. The molecule has 128 valence electrons. The molecule has 3 aromatic rings. The maximum absolute atomic E-state index is 7.50. The second kappa shape index (κ2) is 7.24. The van der Waals surface area contributed by atoms with Crippen LogP contribution in [0.1, 0.15) is 26.3 Å². The molecule has 0 atom stereocenters. The molecule has 2 N–H and O–H groups in total. The smallest absolute Gasteiger partial charge is 0.254 e. The fourth-order valence-corrected chi connectivity index (χ4v) is 3.21. The summed E-state index contributed by atoms with van der Waals surface area (Å²) >= 11 is 1.74. The van der Waals surface area contributed by atoms with Crippen LogP contribution in [0.4, 0.5) is 0 Å². The van der Waals surface area contributed by atoms with Crippen molar-refractivity contribution in [3.63, 3.8) is 0 Å². The molecule has 0 saturated carbocycles. The molecule has 0 amide bonds. The van der Waals surface area contributed by atoms with E-state index in [1.807, 2.05) is 24.3 Å². The second-order valence-electron chi connectivity index (χ2n) is 6.97. The molecule has 3 heteroatoms. The lowest BCUT2D eigenvalue weighted by Crippen LogP contribution is -2.10. The zero-order valence-electron chi connectivity index (χ0n) is 14.7. The first-order chi connectivity index (χ1) is 11.9. The van der Waals surface area contributed by atoms with E-state index in [0.717, 1.165) is 11.5 Å². The zero-order valence-corrected chi connectivity index (χ0v) is 15.6. The normalized spacial score (nSPS) is 11.3. The molecule has 0 aliphatic carbocycles. The quantitative estimate of drug-likeness (QED) is 0.512. The van der Waals surface area contributed by atoms with Crippen LogP contribution in [0.25, 0.3) is 0 Å². The van der Waals surface area contributed by atoms with Crippen LogP contribution >= 0.6 is 11.8 Å². The van der Waals surface area contributed by atoms with Gasteiger partial charge in [0.15, 0.2) is 0 Å². The zero-order chi connectivity index (χ0) is 17.9. The van der Waals surface area contributed by atoms with Gasteiger partial charge in [0.2, 0.25) is 0 Å². The summed E-state index contributed by atoms with van der Waals surface area (Å²) in [5, 5.41) is 7.50. The maximum atomic E-state index is 7.50. The van der Waals surface area contributed by atoms with Gasteiger partial charge in [-0.05, 0) is 59.5 Å². The molecule has 3 aromatic carbocycles. The largest absolute Gasteiger partial charge is 0.593 e. The molecule has 3 rings (SSSR count). The Labute approximate surface area is 153 Å². The highest BCUT2D eigenvalue weighted by Gasteiger charge is 2.12. The third kappa shape index (κ3) is 4.80. The van der Waals surface area contributed by atoms with Crippen molar-refractivity contribution in [2.24, 2.45) is 0 Å². The van der Waals surface area contributed by atoms with Crippen LogP contribution in [0, 0.1) is 0 Å². The van der Waals surface area contributed by atoms with Crippen LogP contribution in [0.3, 0.4) is 0 Å². The van der Waals surface area contributed by atoms with Gasteiger partial charge in [-0.15, -0.1) is 0 Å². The van der Waals surface area contributed by atoms with Gasteiger partial charge in [0, 0.05) is 21.9 Å². The predicted octanol–water partition coefficient (Wildman–Crippen LogP) is 6.37. The molecular weight excluding hydrogens is 328 g/mol. The third-order valence-electron chi connectivity index (χ3n) is 3.87. The van der Waals surface area contributed by atoms with Gasteiger partial charge in [0.25, 0.3) is 5.75 Å². The Balaban J connectivity index is 1.65. The van der Waals surface area contributed by atoms with Crippen molar-refractivity contribution in [1.29, 1.82) is 0 Å². The lowest BCUT2D eigenvalue weighted by Gasteiger charge is -2.19. The molecule has 0 fully saturated rings. The fourth-order valence-electron chi connectivity index (χ4n) is 2.39. The van der Waals surface area contributed by atoms with Crippen molar-refractivity contribution in [2.75, 3.05) is 0 Å². The molecule has 0 aliphatic heterocycles. The van der Waals surface area contributed by atoms with E-state index in [-0.39, 0.29) is 5.41 Å². The van der Waals surface area contributed by atoms with Crippen molar-refractivity contribution in [1.82, 2.24) is 0 Å². The van der Waals surface area contributed by atoms with Gasteiger partial charge < -0.3 is 9.84 Å². The summed E-state index contributed by atoms with van der Waals surface area (Å²) in [6, 6.07) is 23.9. The van der Waals surface area contributed by atoms with Gasteiger partial charge in [0.1, 0.15) is 11.5 Å². The van der Waals surface area contributed by atoms with Crippen molar-refractivity contribution in [3.8, 4) is 17.2 Å². The van der Waals surface area contributed by atoms with Gasteiger partial charge in [-0.2, -0.15) is 0 Å². The SMILES string of the molecule is CC(C)(C)c1ccc(Sc2ccc(Oc3ccc([OH2+])cc3)cc2)cc1. The van der Waals surface area contributed by atoms with Crippen LogP contribution < -0.4 is 4.74 Å². The topological polar surface area (TPSA) is 32.1 Å². The highest BCUT2D eigenvalue weighted by atomic mass is 32.2. The van der Waals surface area contributed by atoms with E-state index in [0.29, 0.717) is 5.75 Å². The minimum atomic E-state index is 0.181. The van der Waals surface area contributed by atoms with Gasteiger partial charge in [0.05, 0.1) is 0 Å². The van der Waals surface area contributed by atoms with E-state index >= 15 is 0 Å². The van der Waals surface area contributed by atoms with E-state index in [9.17, 15) is 0 Å². The third-order valence-corrected chi connectivity index (χ3v) is 4.89. The summed E-state index contributed by atoms with van der Waals surface area (Å²) in [4.78, 5) is 2.41. The molecule has 0 radical (unpaired) electrons. The van der Waals surface area contributed by atoms with Crippen LogP contribution in [0.5, 0.6) is 17.2 Å². The van der Waals surface area contributed by atoms with E-state index in [2.05, 4.69) is 57.2 Å². The van der Waals surface area contributed by atoms with E-state index in [1.165, 1.54) is 15.4 Å². The van der Waals surface area contributed by atoms with Crippen molar-refractivity contribution in [2.45, 2.75) is 36.0 Å². The standard InChI is InChI=1S/C22H22O2S/c1-22(2,3)16-4-12-20(13-5-16)25-21-14-10-19(11-15-21)24-18-8-6-17(23)7-9-18/h4-15,23H,1-3H3/p+1. The van der Waals surface area contributed by atoms with E-state index in [1.54, 1.807) is 23.9 Å². The molecule has 0 spiro atoms. The van der Waals surface area contributed by atoms with Crippen molar-refractivity contribution < 1.29 is 9.84 Å². The molecular formula is C22H23O2S+. The molecule has 0 unspecified atom stereocenters. The van der Waals surface area contributed by atoms with Crippen LogP contribution in [0.2, 0.25) is 0 Å². The highest BCUT2D eigenvalue weighted by molar-refractivity contribution is 7.99. The Morgan fingerprint density at radius 3 is 1.60 bits per heavy atom. The molecule has 0 bridgehead atoms. The average molecular weight is 351 g/mol. The summed E-state index contributed by atoms with van der Waals surface area (Å²) in [7, 11) is 0. The number of hydrogen-bond acceptors (Lipinski definition) is 2. The molecule has 25 heavy (non-hydrogen) atoms. The number of benzene rings is 3. The maximum Gasteiger partial charge on any atom is 0.254 e. The van der Waals surface area contributed by atoms with Gasteiger partial charge in [-0.1, -0.05) is 44.7 Å². The molecule has 0 heterocycles. The van der Waals surface area contributed by atoms with Crippen LogP contribution in [0.15, 0.2) is 82.6 Å². The Kier molecular flexibility index (Phi) is 5.05. The number of ether oxygens (including phenoxy) is 1. The summed E-state index contributed by atoms with van der Waals surface area (Å²) in [6.45, 7) is 6.68. The average Bonchev–Trinajstić information content (AvgIpc) is 2.58. The highest BCUT2D eigenvalue weighted by Crippen LogP contribution is 2.32.